The van der Waals surface area contributed by atoms with Crippen molar-refractivity contribution in [3.63, 3.8) is 0 Å². The largest absolute Gasteiger partial charge is 0.444 e. The van der Waals surface area contributed by atoms with E-state index in [1.807, 2.05) is 25.7 Å². The van der Waals surface area contributed by atoms with E-state index in [4.69, 9.17) is 4.74 Å². The van der Waals surface area contributed by atoms with E-state index >= 15 is 0 Å². The monoisotopic (exact) mass is 580 g/mol. The Balaban J connectivity index is 2.37. The summed E-state index contributed by atoms with van der Waals surface area (Å²) in [5.41, 5.74) is -0.492. The maximum atomic E-state index is 13.2. The van der Waals surface area contributed by atoms with Crippen molar-refractivity contribution in [1.29, 1.82) is 0 Å². The minimum absolute atomic E-state index is 0.216. The fourth-order valence-corrected chi connectivity index (χ4v) is 5.67. The van der Waals surface area contributed by atoms with Gasteiger partial charge in [0, 0.05) is 26.2 Å². The van der Waals surface area contributed by atoms with Crippen LogP contribution in [-0.4, -0.2) is 78.1 Å². The van der Waals surface area contributed by atoms with E-state index in [9.17, 15) is 9.59 Å². The van der Waals surface area contributed by atoms with Crippen LogP contribution < -0.4 is 0 Å². The summed E-state index contributed by atoms with van der Waals surface area (Å²) in [6, 6.07) is 0. The Hall–Kier alpha value is -1.30. The van der Waals surface area contributed by atoms with Crippen molar-refractivity contribution in [2.24, 2.45) is 0 Å². The average Bonchev–Trinajstić information content (AvgIpc) is 2.94. The van der Waals surface area contributed by atoms with E-state index in [-0.39, 0.29) is 12.0 Å². The molecule has 1 aliphatic heterocycles. The minimum atomic E-state index is -0.492. The molecule has 1 fully saturated rings. The first-order valence-electron chi connectivity index (χ1n) is 17.7. The normalized spacial score (nSPS) is 14.2. The zero-order valence-electron chi connectivity index (χ0n) is 28.2. The predicted molar refractivity (Wildman–Crippen MR) is 175 cm³/mol. The molecule has 0 bridgehead atoms. The quantitative estimate of drug-likeness (QED) is 0.107. The van der Waals surface area contributed by atoms with Crippen LogP contribution in [-0.2, 0) is 9.53 Å². The second kappa shape index (κ2) is 24.2. The van der Waals surface area contributed by atoms with Gasteiger partial charge in [-0.2, -0.15) is 0 Å². The molecule has 1 saturated heterocycles. The summed E-state index contributed by atoms with van der Waals surface area (Å²) < 4.78 is 5.52. The summed E-state index contributed by atoms with van der Waals surface area (Å²) in [6.45, 7) is 15.1. The molecule has 0 saturated carbocycles. The molecule has 1 heterocycles. The van der Waals surface area contributed by atoms with Gasteiger partial charge in [-0.1, -0.05) is 129 Å². The zero-order valence-corrected chi connectivity index (χ0v) is 28.2. The van der Waals surface area contributed by atoms with Gasteiger partial charge in [0.05, 0.1) is 6.54 Å². The Bertz CT molecular complexity index is 617. The number of nitrogens with zero attached hydrogens (tertiary/aromatic N) is 3. The molecule has 0 aromatic carbocycles. The summed E-state index contributed by atoms with van der Waals surface area (Å²) in [5.74, 6) is 0.216. The van der Waals surface area contributed by atoms with Crippen molar-refractivity contribution in [3.8, 4) is 0 Å². The molecule has 0 spiro atoms. The first-order valence-corrected chi connectivity index (χ1v) is 17.7. The van der Waals surface area contributed by atoms with Crippen molar-refractivity contribution in [1.82, 2.24) is 14.7 Å². The second-order valence-corrected chi connectivity index (χ2v) is 13.5. The van der Waals surface area contributed by atoms with E-state index in [0.29, 0.717) is 32.7 Å². The van der Waals surface area contributed by atoms with E-state index in [0.717, 1.165) is 13.1 Å². The van der Waals surface area contributed by atoms with Crippen LogP contribution in [0, 0.1) is 0 Å². The fraction of sp³-hybridized carbons (Fsp3) is 0.943. The van der Waals surface area contributed by atoms with Crippen LogP contribution in [0.15, 0.2) is 0 Å². The van der Waals surface area contributed by atoms with Crippen molar-refractivity contribution in [2.75, 3.05) is 45.8 Å². The third kappa shape index (κ3) is 21.1. The van der Waals surface area contributed by atoms with Crippen molar-refractivity contribution < 1.29 is 14.3 Å². The van der Waals surface area contributed by atoms with Gasteiger partial charge in [0.2, 0.25) is 5.91 Å². The molecular formula is C35H69N3O3. The number of hydrogen-bond donors (Lipinski definition) is 0. The van der Waals surface area contributed by atoms with Gasteiger partial charge in [0.1, 0.15) is 5.60 Å². The lowest BCUT2D eigenvalue weighted by molar-refractivity contribution is -0.134. The summed E-state index contributed by atoms with van der Waals surface area (Å²) >= 11 is 0. The lowest BCUT2D eigenvalue weighted by Gasteiger charge is -2.36. The molecule has 41 heavy (non-hydrogen) atoms. The van der Waals surface area contributed by atoms with Crippen LogP contribution >= 0.6 is 0 Å². The Kier molecular flexibility index (Phi) is 22.2. The van der Waals surface area contributed by atoms with Gasteiger partial charge in [0.25, 0.3) is 0 Å². The second-order valence-electron chi connectivity index (χ2n) is 13.5. The van der Waals surface area contributed by atoms with Crippen molar-refractivity contribution in [3.05, 3.63) is 0 Å². The van der Waals surface area contributed by atoms with Gasteiger partial charge in [-0.3, -0.25) is 9.69 Å². The van der Waals surface area contributed by atoms with Gasteiger partial charge in [0.15, 0.2) is 0 Å². The predicted octanol–water partition coefficient (Wildman–Crippen LogP) is 9.21. The summed E-state index contributed by atoms with van der Waals surface area (Å²) in [6.07, 6.45) is 26.5. The molecule has 6 heteroatoms. The van der Waals surface area contributed by atoms with Gasteiger partial charge < -0.3 is 14.5 Å². The summed E-state index contributed by atoms with van der Waals surface area (Å²) in [7, 11) is 0. The first kappa shape index (κ1) is 37.7. The van der Waals surface area contributed by atoms with Crippen LogP contribution in [0.25, 0.3) is 0 Å². The standard InChI is InChI=1S/C35H69N3O3/c1-6-8-10-12-14-16-18-20-22-24-26-36(27-25-23-21-19-17-15-13-11-9-7-2)32-33(39)37-28-30-38(31-29-37)34(40)41-35(3,4)5/h6-32H2,1-5H3. The number of ether oxygens (including phenoxy) is 1. The molecule has 2 amide bonds. The highest BCUT2D eigenvalue weighted by atomic mass is 16.6. The molecule has 0 aromatic rings. The average molecular weight is 580 g/mol. The Labute approximate surface area is 255 Å². The number of carbonyl (C=O) groups excluding carboxylic acids is 2. The van der Waals surface area contributed by atoms with Gasteiger partial charge >= 0.3 is 6.09 Å². The summed E-state index contributed by atoms with van der Waals surface area (Å²) in [4.78, 5) is 31.7. The SMILES string of the molecule is CCCCCCCCCCCCN(CCCCCCCCCCCC)CC(=O)N1CCN(C(=O)OC(C)(C)C)CC1. The highest BCUT2D eigenvalue weighted by molar-refractivity contribution is 5.78. The number of carbonyl (C=O) groups is 2. The third-order valence-corrected chi connectivity index (χ3v) is 8.30. The zero-order chi connectivity index (χ0) is 30.2. The van der Waals surface area contributed by atoms with Crippen LogP contribution in [0.3, 0.4) is 0 Å². The van der Waals surface area contributed by atoms with Gasteiger partial charge in [-0.15, -0.1) is 0 Å². The minimum Gasteiger partial charge on any atom is -0.444 e. The lowest BCUT2D eigenvalue weighted by atomic mass is 10.1. The fourth-order valence-electron chi connectivity index (χ4n) is 5.67. The maximum Gasteiger partial charge on any atom is 0.410 e. The first-order chi connectivity index (χ1) is 19.8. The molecule has 0 atom stereocenters. The molecule has 6 nitrogen and oxygen atoms in total. The summed E-state index contributed by atoms with van der Waals surface area (Å²) in [5, 5.41) is 0. The van der Waals surface area contributed by atoms with Gasteiger partial charge in [-0.25, -0.2) is 4.79 Å². The highest BCUT2D eigenvalue weighted by Crippen LogP contribution is 2.15. The van der Waals surface area contributed by atoms with Crippen LogP contribution in [0.1, 0.15) is 163 Å². The molecule has 242 valence electrons. The molecular weight excluding hydrogens is 510 g/mol. The molecule has 0 unspecified atom stereocenters. The van der Waals surface area contributed by atoms with E-state index in [1.165, 1.54) is 128 Å². The van der Waals surface area contributed by atoms with Gasteiger partial charge in [-0.05, 0) is 46.7 Å². The topological polar surface area (TPSA) is 53.1 Å². The number of rotatable bonds is 24. The molecule has 0 radical (unpaired) electrons. The Morgan fingerprint density at radius 2 is 0.902 bits per heavy atom. The highest BCUT2D eigenvalue weighted by Gasteiger charge is 2.28. The molecule has 0 aromatic heterocycles. The van der Waals surface area contributed by atoms with Crippen molar-refractivity contribution >= 4 is 12.0 Å². The number of unbranched alkanes of at least 4 members (excludes halogenated alkanes) is 18. The Morgan fingerprint density at radius 3 is 1.27 bits per heavy atom. The smallest absolute Gasteiger partial charge is 0.410 e. The van der Waals surface area contributed by atoms with Crippen LogP contribution in [0.5, 0.6) is 0 Å². The number of piperazine rings is 1. The maximum absolute atomic E-state index is 13.2. The van der Waals surface area contributed by atoms with Crippen LogP contribution in [0.4, 0.5) is 4.79 Å². The van der Waals surface area contributed by atoms with E-state index in [2.05, 4.69) is 18.7 Å². The van der Waals surface area contributed by atoms with E-state index in [1.54, 1.807) is 4.90 Å². The van der Waals surface area contributed by atoms with E-state index < -0.39 is 5.60 Å². The Morgan fingerprint density at radius 1 is 0.561 bits per heavy atom. The van der Waals surface area contributed by atoms with Crippen LogP contribution in [0.2, 0.25) is 0 Å². The molecule has 1 aliphatic rings. The molecule has 0 aliphatic carbocycles. The molecule has 1 rings (SSSR count). The number of amides is 2. The third-order valence-electron chi connectivity index (χ3n) is 8.30. The lowest BCUT2D eigenvalue weighted by Crippen LogP contribution is -2.53. The number of hydrogen-bond acceptors (Lipinski definition) is 4. The molecule has 0 N–H and O–H groups in total. The van der Waals surface area contributed by atoms with Crippen molar-refractivity contribution in [2.45, 2.75) is 169 Å².